The molecule has 0 aliphatic carbocycles. The van der Waals surface area contributed by atoms with Crippen LogP contribution in [0, 0.1) is 5.41 Å². The Morgan fingerprint density at radius 2 is 2.12 bits per heavy atom. The number of thioether (sulfide) groups is 1. The third-order valence-electron chi connectivity index (χ3n) is 1.99. The highest BCUT2D eigenvalue weighted by Gasteiger charge is 2.20. The monoisotopic (exact) mass is 304 g/mol. The number of para-hydroxylation sites is 2. The Balaban J connectivity index is 0.00000128. The van der Waals surface area contributed by atoms with Gasteiger partial charge in [0.15, 0.2) is 16.7 Å². The van der Waals surface area contributed by atoms with Crippen molar-refractivity contribution < 1.29 is 9.47 Å². The molecule has 1 atom stereocenters. The topological polar surface area (TPSA) is 68.3 Å². The van der Waals surface area contributed by atoms with Crippen molar-refractivity contribution in [2.45, 2.75) is 6.10 Å². The summed E-state index contributed by atoms with van der Waals surface area (Å²) in [4.78, 5) is 0. The Hall–Kier alpha value is -0.880. The third-order valence-corrected chi connectivity index (χ3v) is 2.84. The minimum absolute atomic E-state index is 0. The average molecular weight is 305 g/mol. The van der Waals surface area contributed by atoms with Crippen molar-refractivity contribution in [2.24, 2.45) is 5.73 Å². The van der Waals surface area contributed by atoms with Crippen molar-refractivity contribution in [2.75, 3.05) is 12.4 Å². The Bertz CT molecular complexity index is 376. The number of nitrogens with two attached hydrogens (primary N) is 1. The number of hydrogen-bond acceptors (Lipinski definition) is 4. The smallest absolute Gasteiger partial charge is 0.161 e. The molecule has 1 aliphatic heterocycles. The Morgan fingerprint density at radius 1 is 1.44 bits per heavy atom. The fraction of sp³-hybridized carbons (Fsp3) is 0.300. The SMILES string of the molecule is Br.N=C(N)SCC1COc2ccccc2O1. The predicted octanol–water partition coefficient (Wildman–Crippen LogP) is 2.03. The normalized spacial score (nSPS) is 17.4. The third kappa shape index (κ3) is 3.31. The highest BCUT2D eigenvalue weighted by atomic mass is 79.9. The lowest BCUT2D eigenvalue weighted by atomic mass is 10.3. The summed E-state index contributed by atoms with van der Waals surface area (Å²) in [6.07, 6.45) is -0.0335. The van der Waals surface area contributed by atoms with E-state index in [-0.39, 0.29) is 28.3 Å². The molecule has 4 nitrogen and oxygen atoms in total. The molecule has 0 aromatic heterocycles. The van der Waals surface area contributed by atoms with Crippen molar-refractivity contribution in [1.29, 1.82) is 5.41 Å². The van der Waals surface area contributed by atoms with Crippen LogP contribution in [0.1, 0.15) is 0 Å². The molecule has 6 heteroatoms. The minimum atomic E-state index is -0.0335. The molecule has 16 heavy (non-hydrogen) atoms. The van der Waals surface area contributed by atoms with Crippen LogP contribution in [0.2, 0.25) is 0 Å². The molecular formula is C10H13BrN2O2S. The maximum atomic E-state index is 7.10. The highest BCUT2D eigenvalue weighted by Crippen LogP contribution is 2.31. The van der Waals surface area contributed by atoms with E-state index in [1.165, 1.54) is 11.8 Å². The van der Waals surface area contributed by atoms with E-state index in [4.69, 9.17) is 20.6 Å². The van der Waals surface area contributed by atoms with E-state index in [1.54, 1.807) is 0 Å². The molecule has 1 aromatic carbocycles. The molecule has 0 bridgehead atoms. The summed E-state index contributed by atoms with van der Waals surface area (Å²) < 4.78 is 11.2. The summed E-state index contributed by atoms with van der Waals surface area (Å²) in [6, 6.07) is 7.57. The summed E-state index contributed by atoms with van der Waals surface area (Å²) in [5, 5.41) is 7.21. The van der Waals surface area contributed by atoms with Crippen LogP contribution in [0.4, 0.5) is 0 Å². The van der Waals surface area contributed by atoms with Crippen LogP contribution >= 0.6 is 28.7 Å². The van der Waals surface area contributed by atoms with Crippen LogP contribution in [0.15, 0.2) is 24.3 Å². The minimum Gasteiger partial charge on any atom is -0.486 e. The second-order valence-electron chi connectivity index (χ2n) is 3.17. The number of amidine groups is 1. The van der Waals surface area contributed by atoms with E-state index in [0.717, 1.165) is 11.5 Å². The second kappa shape index (κ2) is 6.00. The molecule has 3 N–H and O–H groups in total. The van der Waals surface area contributed by atoms with E-state index in [2.05, 4.69) is 0 Å². The first-order valence-electron chi connectivity index (χ1n) is 4.61. The first kappa shape index (κ1) is 13.2. The lowest BCUT2D eigenvalue weighted by Gasteiger charge is -2.25. The Kier molecular flexibility index (Phi) is 4.95. The van der Waals surface area contributed by atoms with Crippen LogP contribution in [-0.4, -0.2) is 23.6 Å². The molecule has 1 heterocycles. The highest BCUT2D eigenvalue weighted by molar-refractivity contribution is 8.93. The molecule has 0 radical (unpaired) electrons. The van der Waals surface area contributed by atoms with E-state index in [9.17, 15) is 0 Å². The number of benzene rings is 1. The van der Waals surface area contributed by atoms with E-state index in [0.29, 0.717) is 12.4 Å². The number of ether oxygens (including phenoxy) is 2. The zero-order chi connectivity index (χ0) is 10.7. The number of fused-ring (bicyclic) bond motifs is 1. The molecule has 0 saturated heterocycles. The van der Waals surface area contributed by atoms with Gasteiger partial charge in [0.1, 0.15) is 12.7 Å². The lowest BCUT2D eigenvalue weighted by molar-refractivity contribution is 0.107. The lowest BCUT2D eigenvalue weighted by Crippen LogP contribution is -2.32. The number of halogens is 1. The molecule has 0 saturated carbocycles. The standard InChI is InChI=1S/C10H12N2O2S.BrH/c11-10(12)15-6-7-5-13-8-3-1-2-4-9(8)14-7;/h1-4,7H,5-6H2,(H3,11,12);1H. The first-order valence-corrected chi connectivity index (χ1v) is 5.59. The van der Waals surface area contributed by atoms with Crippen LogP contribution in [0.25, 0.3) is 0 Å². The van der Waals surface area contributed by atoms with E-state index < -0.39 is 0 Å². The van der Waals surface area contributed by atoms with Crippen molar-refractivity contribution in [3.8, 4) is 11.5 Å². The summed E-state index contributed by atoms with van der Waals surface area (Å²) in [6.45, 7) is 0.511. The first-order chi connectivity index (χ1) is 7.25. The molecule has 0 spiro atoms. The summed E-state index contributed by atoms with van der Waals surface area (Å²) in [5.74, 6) is 2.18. The fourth-order valence-corrected chi connectivity index (χ4v) is 1.86. The van der Waals surface area contributed by atoms with Gasteiger partial charge in [-0.05, 0) is 12.1 Å². The summed E-state index contributed by atoms with van der Waals surface area (Å²) in [7, 11) is 0. The molecule has 0 fully saturated rings. The average Bonchev–Trinajstić information content (AvgIpc) is 2.26. The Labute approximate surface area is 109 Å². The van der Waals surface area contributed by atoms with Gasteiger partial charge in [0.05, 0.1) is 0 Å². The predicted molar refractivity (Wildman–Crippen MR) is 71.0 cm³/mol. The molecule has 1 aliphatic rings. The summed E-state index contributed by atoms with van der Waals surface area (Å²) >= 11 is 1.27. The van der Waals surface area contributed by atoms with Crippen LogP contribution in [0.3, 0.4) is 0 Å². The second-order valence-corrected chi connectivity index (χ2v) is 4.23. The van der Waals surface area contributed by atoms with E-state index >= 15 is 0 Å². The molecular weight excluding hydrogens is 292 g/mol. The van der Waals surface area contributed by atoms with Crippen molar-refractivity contribution in [3.63, 3.8) is 0 Å². The zero-order valence-corrected chi connectivity index (χ0v) is 11.0. The van der Waals surface area contributed by atoms with Crippen molar-refractivity contribution in [3.05, 3.63) is 24.3 Å². The molecule has 88 valence electrons. The van der Waals surface area contributed by atoms with Gasteiger partial charge >= 0.3 is 0 Å². The quantitative estimate of drug-likeness (QED) is 0.648. The largest absolute Gasteiger partial charge is 0.486 e. The van der Waals surface area contributed by atoms with Gasteiger partial charge in [0, 0.05) is 5.75 Å². The van der Waals surface area contributed by atoms with Gasteiger partial charge in [0.25, 0.3) is 0 Å². The van der Waals surface area contributed by atoms with Gasteiger partial charge in [-0.2, -0.15) is 0 Å². The van der Waals surface area contributed by atoms with Crippen LogP contribution in [0.5, 0.6) is 11.5 Å². The van der Waals surface area contributed by atoms with Gasteiger partial charge in [0.2, 0.25) is 0 Å². The molecule has 2 rings (SSSR count). The molecule has 0 amide bonds. The number of rotatable bonds is 2. The van der Waals surface area contributed by atoms with Gasteiger partial charge in [-0.15, -0.1) is 17.0 Å². The van der Waals surface area contributed by atoms with Crippen LogP contribution < -0.4 is 15.2 Å². The number of nitrogens with one attached hydrogen (secondary N) is 1. The Morgan fingerprint density at radius 3 is 2.81 bits per heavy atom. The summed E-state index contributed by atoms with van der Waals surface area (Å²) in [5.41, 5.74) is 5.25. The van der Waals surface area contributed by atoms with Gasteiger partial charge < -0.3 is 15.2 Å². The molecule has 1 aromatic rings. The number of hydrogen-bond donors (Lipinski definition) is 2. The van der Waals surface area contributed by atoms with Gasteiger partial charge in [-0.1, -0.05) is 23.9 Å². The van der Waals surface area contributed by atoms with Gasteiger partial charge in [-0.3, -0.25) is 5.41 Å². The van der Waals surface area contributed by atoms with Crippen molar-refractivity contribution >= 4 is 33.9 Å². The maximum Gasteiger partial charge on any atom is 0.161 e. The zero-order valence-electron chi connectivity index (χ0n) is 8.51. The van der Waals surface area contributed by atoms with Gasteiger partial charge in [-0.25, -0.2) is 0 Å². The fourth-order valence-electron chi connectivity index (χ4n) is 1.33. The maximum absolute atomic E-state index is 7.10. The van der Waals surface area contributed by atoms with E-state index in [1.807, 2.05) is 24.3 Å². The van der Waals surface area contributed by atoms with Crippen molar-refractivity contribution in [1.82, 2.24) is 0 Å². The van der Waals surface area contributed by atoms with Crippen LogP contribution in [-0.2, 0) is 0 Å². The molecule has 1 unspecified atom stereocenters.